The zero-order valence-corrected chi connectivity index (χ0v) is 38.9. The Kier molecular flexibility index (Phi) is 14.4. The summed E-state index contributed by atoms with van der Waals surface area (Å²) in [4.78, 5) is 20.9. The molecular formula is C50H46N2O14S2. The lowest BCUT2D eigenvalue weighted by Gasteiger charge is -2.20. The zero-order valence-electron chi connectivity index (χ0n) is 37.3. The van der Waals surface area contributed by atoms with E-state index >= 15 is 0 Å². The van der Waals surface area contributed by atoms with Crippen molar-refractivity contribution in [2.24, 2.45) is 0 Å². The molecule has 16 nitrogen and oxygen atoms in total. The summed E-state index contributed by atoms with van der Waals surface area (Å²) in [6, 6.07) is 34.7. The smallest absolute Gasteiger partial charge is 0.301 e. The summed E-state index contributed by atoms with van der Waals surface area (Å²) >= 11 is 0. The molecule has 352 valence electrons. The number of nitrogens with zero attached hydrogens (tertiary/aromatic N) is 2. The molecule has 0 bridgehead atoms. The second kappa shape index (κ2) is 20.2. The van der Waals surface area contributed by atoms with Crippen LogP contribution in [-0.4, -0.2) is 62.2 Å². The molecule has 8 aromatic rings. The van der Waals surface area contributed by atoms with E-state index in [2.05, 4.69) is 0 Å². The summed E-state index contributed by atoms with van der Waals surface area (Å²) in [5.41, 5.74) is 0.130. The largest absolute Gasteiger partial charge is 0.493 e. The highest BCUT2D eigenvalue weighted by molar-refractivity contribution is 7.86. The maximum Gasteiger partial charge on any atom is 0.301 e. The molecule has 0 aromatic heterocycles. The minimum Gasteiger partial charge on any atom is -0.493 e. The average Bonchev–Trinajstić information content (AvgIpc) is 3.30. The van der Waals surface area contributed by atoms with E-state index in [1.54, 1.807) is 76.2 Å². The average molecular weight is 963 g/mol. The van der Waals surface area contributed by atoms with Crippen molar-refractivity contribution in [3.8, 4) is 23.0 Å². The summed E-state index contributed by atoms with van der Waals surface area (Å²) in [7, 11) is -9.94. The SMILES string of the molecule is CCOc1c2ccccc2c(OCC)c2c(Cc3ccccc3)c(S(=O)(=O)O)c([N+](=O)[O-])cc12.CCOc1c2ccccc2c(OCC)c2c(Cc3ccccc3)c(S(=O)(=O)O)c([N+](=O)[O-])cc12. The van der Waals surface area contributed by atoms with Gasteiger partial charge in [0, 0.05) is 55.2 Å². The molecule has 0 amide bonds. The summed E-state index contributed by atoms with van der Waals surface area (Å²) in [5.74, 6) is 1.52. The van der Waals surface area contributed by atoms with E-state index in [0.29, 0.717) is 77.2 Å². The maximum absolute atomic E-state index is 12.5. The van der Waals surface area contributed by atoms with Gasteiger partial charge in [-0.25, -0.2) is 0 Å². The Morgan fingerprint density at radius 3 is 1.00 bits per heavy atom. The Morgan fingerprint density at radius 1 is 0.441 bits per heavy atom. The van der Waals surface area contributed by atoms with Crippen LogP contribution in [0.3, 0.4) is 0 Å². The van der Waals surface area contributed by atoms with Gasteiger partial charge in [-0.15, -0.1) is 0 Å². The molecule has 0 aliphatic rings. The van der Waals surface area contributed by atoms with Gasteiger partial charge in [-0.2, -0.15) is 16.8 Å². The van der Waals surface area contributed by atoms with Crippen LogP contribution in [0.5, 0.6) is 23.0 Å². The molecule has 0 aliphatic heterocycles. The quantitative estimate of drug-likeness (QED) is 0.0397. The van der Waals surface area contributed by atoms with Gasteiger partial charge in [-0.05, 0) is 62.8 Å². The molecule has 0 spiro atoms. The van der Waals surface area contributed by atoms with Crippen molar-refractivity contribution in [1.29, 1.82) is 0 Å². The van der Waals surface area contributed by atoms with Crippen LogP contribution < -0.4 is 18.9 Å². The summed E-state index contributed by atoms with van der Waals surface area (Å²) < 4.78 is 94.3. The molecule has 0 saturated heterocycles. The van der Waals surface area contributed by atoms with Gasteiger partial charge in [-0.1, -0.05) is 109 Å². The maximum atomic E-state index is 12.5. The molecule has 0 radical (unpaired) electrons. The number of nitro benzene ring substituents is 2. The minimum atomic E-state index is -4.97. The van der Waals surface area contributed by atoms with Crippen molar-refractivity contribution in [3.63, 3.8) is 0 Å². The molecule has 2 N–H and O–H groups in total. The van der Waals surface area contributed by atoms with Crippen molar-refractivity contribution < 1.29 is 54.7 Å². The highest BCUT2D eigenvalue weighted by Gasteiger charge is 2.35. The lowest BCUT2D eigenvalue weighted by atomic mass is 9.93. The van der Waals surface area contributed by atoms with Crippen molar-refractivity contribution in [1.82, 2.24) is 0 Å². The Hall–Kier alpha value is -7.38. The molecule has 0 unspecified atom stereocenters. The fraction of sp³-hybridized carbons (Fsp3) is 0.200. The number of ether oxygens (including phenoxy) is 4. The summed E-state index contributed by atoms with van der Waals surface area (Å²) in [6.07, 6.45) is 0.0241. The number of nitro groups is 2. The lowest BCUT2D eigenvalue weighted by molar-refractivity contribution is -0.388. The number of benzene rings is 8. The first-order valence-corrected chi connectivity index (χ1v) is 24.3. The topological polar surface area (TPSA) is 232 Å². The van der Waals surface area contributed by atoms with Crippen LogP contribution in [0.2, 0.25) is 0 Å². The van der Waals surface area contributed by atoms with Crippen LogP contribution >= 0.6 is 0 Å². The van der Waals surface area contributed by atoms with Crippen LogP contribution in [0.15, 0.2) is 131 Å². The standard InChI is InChI=1S/2C25H23NO7S/c2*1-3-32-23-17-12-8-9-13-18(17)24(33-4-2)22-19(23)15-21(26(27)28)25(34(29,30)31)20(22)14-16-10-6-5-7-11-16/h2*5-13,15H,3-4,14H2,1-2H3,(H,29,30,31). The predicted molar refractivity (Wildman–Crippen MR) is 259 cm³/mol. The molecule has 8 rings (SSSR count). The highest BCUT2D eigenvalue weighted by Crippen LogP contribution is 2.50. The molecular weight excluding hydrogens is 917 g/mol. The first-order valence-electron chi connectivity index (χ1n) is 21.5. The van der Waals surface area contributed by atoms with E-state index in [1.807, 2.05) is 60.7 Å². The summed E-state index contributed by atoms with van der Waals surface area (Å²) in [5, 5.41) is 28.1. The van der Waals surface area contributed by atoms with Gasteiger partial charge in [-0.3, -0.25) is 29.3 Å². The van der Waals surface area contributed by atoms with Gasteiger partial charge < -0.3 is 18.9 Å². The third-order valence-corrected chi connectivity index (χ3v) is 12.9. The minimum absolute atomic E-state index is 0.0120. The molecule has 0 aliphatic carbocycles. The Labute approximate surface area is 391 Å². The van der Waals surface area contributed by atoms with E-state index in [1.165, 1.54) is 0 Å². The second-order valence-corrected chi connectivity index (χ2v) is 17.9. The van der Waals surface area contributed by atoms with E-state index < -0.39 is 51.2 Å². The van der Waals surface area contributed by atoms with Crippen LogP contribution in [0, 0.1) is 20.2 Å². The second-order valence-electron chi connectivity index (χ2n) is 15.2. The Morgan fingerprint density at radius 2 is 0.721 bits per heavy atom. The Bertz CT molecular complexity index is 3230. The van der Waals surface area contributed by atoms with Gasteiger partial charge in [0.15, 0.2) is 9.79 Å². The fourth-order valence-electron chi connectivity index (χ4n) is 8.58. The highest BCUT2D eigenvalue weighted by atomic mass is 32.2. The summed E-state index contributed by atoms with van der Waals surface area (Å²) in [6.45, 7) is 8.30. The van der Waals surface area contributed by atoms with E-state index in [-0.39, 0.29) is 50.4 Å². The van der Waals surface area contributed by atoms with Crippen molar-refractivity contribution in [2.45, 2.75) is 50.3 Å². The van der Waals surface area contributed by atoms with E-state index in [9.17, 15) is 46.2 Å². The van der Waals surface area contributed by atoms with Gasteiger partial charge >= 0.3 is 20.2 Å². The van der Waals surface area contributed by atoms with Crippen LogP contribution in [0.25, 0.3) is 43.1 Å². The molecule has 0 atom stereocenters. The zero-order chi connectivity index (χ0) is 48.9. The van der Waals surface area contributed by atoms with E-state index in [4.69, 9.17) is 18.9 Å². The van der Waals surface area contributed by atoms with Gasteiger partial charge in [0.1, 0.15) is 23.0 Å². The Balaban J connectivity index is 0.000000201. The lowest BCUT2D eigenvalue weighted by Crippen LogP contribution is -2.10. The molecule has 8 aromatic carbocycles. The molecule has 0 heterocycles. The van der Waals surface area contributed by atoms with Crippen LogP contribution in [0.1, 0.15) is 49.9 Å². The normalized spacial score (nSPS) is 11.6. The molecule has 0 fully saturated rings. The van der Waals surface area contributed by atoms with Crippen molar-refractivity contribution in [3.05, 3.63) is 164 Å². The molecule has 18 heteroatoms. The molecule has 0 saturated carbocycles. The molecule has 68 heavy (non-hydrogen) atoms. The first-order chi connectivity index (χ1) is 32.5. The predicted octanol–water partition coefficient (Wildman–Crippen LogP) is 11.1. The monoisotopic (exact) mass is 962 g/mol. The number of rotatable bonds is 16. The van der Waals surface area contributed by atoms with Gasteiger partial charge in [0.2, 0.25) is 0 Å². The van der Waals surface area contributed by atoms with Crippen molar-refractivity contribution in [2.75, 3.05) is 26.4 Å². The fourth-order valence-corrected chi connectivity index (χ4v) is 10.3. The van der Waals surface area contributed by atoms with Gasteiger partial charge in [0.05, 0.1) is 36.3 Å². The first kappa shape index (κ1) is 48.6. The van der Waals surface area contributed by atoms with Crippen LogP contribution in [0.4, 0.5) is 11.4 Å². The number of hydrogen-bond acceptors (Lipinski definition) is 12. The van der Waals surface area contributed by atoms with Crippen molar-refractivity contribution >= 4 is 74.7 Å². The number of fused-ring (bicyclic) bond motifs is 4. The third-order valence-electron chi connectivity index (χ3n) is 11.0. The third kappa shape index (κ3) is 9.57. The number of hydrogen-bond donors (Lipinski definition) is 2. The van der Waals surface area contributed by atoms with E-state index in [0.717, 1.165) is 12.1 Å². The van der Waals surface area contributed by atoms with Gasteiger partial charge in [0.25, 0.3) is 11.4 Å². The van der Waals surface area contributed by atoms with Crippen LogP contribution in [-0.2, 0) is 33.1 Å².